The van der Waals surface area contributed by atoms with E-state index >= 15 is 0 Å². The molecule has 0 saturated heterocycles. The summed E-state index contributed by atoms with van der Waals surface area (Å²) in [7, 11) is -4.62. The van der Waals surface area contributed by atoms with Crippen LogP contribution < -0.4 is 4.52 Å². The molecule has 13 nitrogen and oxygen atoms in total. The number of ketones is 2. The molecule has 0 atom stereocenters. The molecule has 234 valence electrons. The Bertz CT molecular complexity index is 1640. The number of Topliss-reactive ketones (excluding diaryl/α,β-unsaturated/α-hetero) is 2. The van der Waals surface area contributed by atoms with Crippen molar-refractivity contribution in [3.8, 4) is 46.0 Å². The van der Waals surface area contributed by atoms with Gasteiger partial charge in [0.15, 0.2) is 11.6 Å². The van der Waals surface area contributed by atoms with Crippen LogP contribution in [0.2, 0.25) is 0 Å². The molecule has 0 saturated carbocycles. The van der Waals surface area contributed by atoms with Crippen LogP contribution in [0.4, 0.5) is 0 Å². The van der Waals surface area contributed by atoms with Crippen molar-refractivity contribution in [3.63, 3.8) is 0 Å². The number of aromatic hydroxyl groups is 7. The van der Waals surface area contributed by atoms with Gasteiger partial charge in [0.25, 0.3) is 0 Å². The van der Waals surface area contributed by atoms with Gasteiger partial charge in [-0.15, -0.1) is 0 Å². The van der Waals surface area contributed by atoms with Gasteiger partial charge in [0.2, 0.25) is 0 Å². The molecular weight excluding hydrogens is 622 g/mol. The van der Waals surface area contributed by atoms with Crippen molar-refractivity contribution in [2.45, 2.75) is 25.7 Å². The molecule has 15 heteroatoms. The molecule has 4 rings (SSSR count). The molecule has 45 heavy (non-hydrogen) atoms. The van der Waals surface area contributed by atoms with Crippen molar-refractivity contribution in [2.75, 3.05) is 0 Å². The van der Waals surface area contributed by atoms with E-state index < -0.39 is 42.4 Å². The number of phosphoric acid groups is 1. The quantitative estimate of drug-likeness (QED) is 0.0674. The number of aryl methyl sites for hydroxylation is 2. The van der Waals surface area contributed by atoms with Gasteiger partial charge < -0.3 is 40.3 Å². The van der Waals surface area contributed by atoms with Crippen molar-refractivity contribution in [1.29, 1.82) is 0 Å². The van der Waals surface area contributed by atoms with Gasteiger partial charge in [0.1, 0.15) is 57.1 Å². The molecule has 0 radical (unpaired) electrons. The van der Waals surface area contributed by atoms with E-state index in [0.29, 0.717) is 12.0 Å². The standard InChI is InChI=1S/C15H15O8P.C15H14O5.Na.H/c16-10-7-13(18)15(14(19)8-10)12(17)6-3-9-1-4-11(5-2-9)23-24(20,21)22;16-10-4-1-9(2-5-10)3-6-12(18)15-13(19)7-11(17)8-14(15)20;;/h1-2,4-5,7-8,16,18-19H,3,6H2,(H2,20,21,22);1-2,4-5,7-8,16-17,19-20H,3,6H2;;. The van der Waals surface area contributed by atoms with Crippen LogP contribution >= 0.6 is 7.82 Å². The maximum absolute atomic E-state index is 12.1. The molecule has 9 N–H and O–H groups in total. The molecule has 0 aliphatic rings. The average Bonchev–Trinajstić information content (AvgIpc) is 2.91. The molecule has 4 aromatic rings. The number of rotatable bonds is 10. The van der Waals surface area contributed by atoms with Crippen molar-refractivity contribution in [1.82, 2.24) is 0 Å². The monoisotopic (exact) mass is 652 g/mol. The molecule has 0 aromatic heterocycles. The summed E-state index contributed by atoms with van der Waals surface area (Å²) in [5.41, 5.74) is 1.09. The Labute approximate surface area is 278 Å². The summed E-state index contributed by atoms with van der Waals surface area (Å²) in [6.45, 7) is 0. The second-order valence-electron chi connectivity index (χ2n) is 9.46. The summed E-state index contributed by atoms with van der Waals surface area (Å²) in [6, 6.07) is 16.2. The SMILES string of the molecule is O=C(CCc1ccc(O)cc1)c1c(O)cc(O)cc1O.O=C(CCc1ccc(OP(=O)(O)O)cc1)c1c(O)cc(O)cc1O.[NaH]. The third-order valence-electron chi connectivity index (χ3n) is 6.09. The number of carbonyl (C=O) groups excluding carboxylic acids is 2. The van der Waals surface area contributed by atoms with E-state index in [1.807, 2.05) is 0 Å². The van der Waals surface area contributed by atoms with E-state index in [0.717, 1.165) is 29.8 Å². The van der Waals surface area contributed by atoms with Crippen LogP contribution in [-0.2, 0) is 17.4 Å². The molecule has 0 heterocycles. The van der Waals surface area contributed by atoms with Crippen molar-refractivity contribution in [2.24, 2.45) is 0 Å². The molecular formula is C30H30NaO13P. The van der Waals surface area contributed by atoms with Crippen molar-refractivity contribution in [3.05, 3.63) is 95.1 Å². The topological polar surface area (TPSA) is 243 Å². The van der Waals surface area contributed by atoms with E-state index in [2.05, 4.69) is 4.52 Å². The predicted molar refractivity (Wildman–Crippen MR) is 163 cm³/mol. The van der Waals surface area contributed by atoms with Crippen LogP contribution in [0.25, 0.3) is 0 Å². The Hall–Kier alpha value is -4.23. The summed E-state index contributed by atoms with van der Waals surface area (Å²) >= 11 is 0. The Morgan fingerprint density at radius 2 is 0.889 bits per heavy atom. The zero-order valence-corrected chi connectivity index (χ0v) is 23.8. The maximum atomic E-state index is 12.1. The van der Waals surface area contributed by atoms with E-state index in [-0.39, 0.29) is 82.9 Å². The number of hydrogen-bond acceptors (Lipinski definition) is 11. The van der Waals surface area contributed by atoms with Crippen molar-refractivity contribution >= 4 is 48.9 Å². The zero-order chi connectivity index (χ0) is 32.6. The fourth-order valence-electron chi connectivity index (χ4n) is 4.05. The van der Waals surface area contributed by atoms with E-state index in [9.17, 15) is 44.8 Å². The zero-order valence-electron chi connectivity index (χ0n) is 22.9. The Kier molecular flexibility index (Phi) is 13.3. The van der Waals surface area contributed by atoms with Crippen LogP contribution in [0.1, 0.15) is 44.7 Å². The third kappa shape index (κ3) is 11.3. The van der Waals surface area contributed by atoms with Gasteiger partial charge in [-0.05, 0) is 48.2 Å². The molecule has 0 aliphatic carbocycles. The summed E-state index contributed by atoms with van der Waals surface area (Å²) < 4.78 is 15.1. The fourth-order valence-corrected chi connectivity index (χ4v) is 4.45. The molecule has 0 amide bonds. The van der Waals surface area contributed by atoms with Gasteiger partial charge in [-0.25, -0.2) is 4.57 Å². The summed E-state index contributed by atoms with van der Waals surface area (Å²) in [5, 5.41) is 66.1. The molecule has 0 unspecified atom stereocenters. The number of phenols is 7. The van der Waals surface area contributed by atoms with Crippen LogP contribution in [0.5, 0.6) is 46.0 Å². The molecule has 0 fully saturated rings. The van der Waals surface area contributed by atoms with Gasteiger partial charge in [-0.2, -0.15) is 0 Å². The first-order valence-corrected chi connectivity index (χ1v) is 14.3. The first-order valence-electron chi connectivity index (χ1n) is 12.8. The van der Waals surface area contributed by atoms with E-state index in [1.54, 1.807) is 12.1 Å². The first-order chi connectivity index (χ1) is 20.6. The Morgan fingerprint density at radius 3 is 1.22 bits per heavy atom. The third-order valence-corrected chi connectivity index (χ3v) is 6.53. The van der Waals surface area contributed by atoms with Gasteiger partial charge in [-0.1, -0.05) is 24.3 Å². The second kappa shape index (κ2) is 16.2. The number of hydrogen-bond donors (Lipinski definition) is 9. The van der Waals surface area contributed by atoms with Crippen LogP contribution in [0.15, 0.2) is 72.8 Å². The number of phosphoric ester groups is 1. The van der Waals surface area contributed by atoms with Crippen LogP contribution in [0.3, 0.4) is 0 Å². The Morgan fingerprint density at radius 1 is 0.556 bits per heavy atom. The minimum absolute atomic E-state index is 0. The van der Waals surface area contributed by atoms with Gasteiger partial charge in [-0.3, -0.25) is 19.4 Å². The summed E-state index contributed by atoms with van der Waals surface area (Å²) in [5.74, 6) is -3.38. The molecule has 4 aromatic carbocycles. The van der Waals surface area contributed by atoms with Gasteiger partial charge in [0, 0.05) is 37.1 Å². The molecule has 0 bridgehead atoms. The number of carbonyl (C=O) groups is 2. The Balaban J connectivity index is 0.000000311. The number of benzene rings is 4. The van der Waals surface area contributed by atoms with E-state index in [4.69, 9.17) is 14.9 Å². The van der Waals surface area contributed by atoms with E-state index in [1.165, 1.54) is 36.4 Å². The molecule has 0 aliphatic heterocycles. The second-order valence-corrected chi connectivity index (χ2v) is 10.6. The van der Waals surface area contributed by atoms with Gasteiger partial charge in [0.05, 0.1) is 0 Å². The predicted octanol–water partition coefficient (Wildman–Crippen LogP) is 3.77. The fraction of sp³-hybridized carbons (Fsp3) is 0.133. The average molecular weight is 653 g/mol. The normalized spacial score (nSPS) is 10.6. The van der Waals surface area contributed by atoms with Crippen LogP contribution in [-0.4, -0.2) is 86.7 Å². The number of phenolic OH excluding ortho intramolecular Hbond substituents is 7. The summed E-state index contributed by atoms with van der Waals surface area (Å²) in [4.78, 5) is 41.5. The van der Waals surface area contributed by atoms with Crippen LogP contribution in [0, 0.1) is 0 Å². The minimum atomic E-state index is -4.62. The van der Waals surface area contributed by atoms with Gasteiger partial charge >= 0.3 is 37.4 Å². The molecule has 0 spiro atoms. The first kappa shape index (κ1) is 37.0. The summed E-state index contributed by atoms with van der Waals surface area (Å²) in [6.07, 6.45) is 0.759. The van der Waals surface area contributed by atoms with Crippen molar-refractivity contribution < 1.29 is 64.2 Å².